The molecule has 0 spiro atoms. The largest absolute Gasteiger partial charge is 0.508 e. The van der Waals surface area contributed by atoms with Crippen molar-refractivity contribution in [2.24, 2.45) is 0 Å². The number of phenols is 1. The number of hydrogen-bond acceptors (Lipinski definition) is 8. The number of amides is 1. The summed E-state index contributed by atoms with van der Waals surface area (Å²) in [5, 5.41) is 17.0. The maximum Gasteiger partial charge on any atom is 0.240 e. The Morgan fingerprint density at radius 2 is 1.98 bits per heavy atom. The van der Waals surface area contributed by atoms with E-state index in [1.54, 1.807) is 6.07 Å². The molecule has 6 aliphatic heterocycles. The molecule has 1 aromatic heterocycles. The molecule has 3 unspecified atom stereocenters. The van der Waals surface area contributed by atoms with Crippen LogP contribution in [0.5, 0.6) is 11.6 Å². The summed E-state index contributed by atoms with van der Waals surface area (Å²) in [4.78, 5) is 28.4. The number of carbonyl (C=O) groups is 1. The van der Waals surface area contributed by atoms with E-state index in [2.05, 4.69) is 20.0 Å². The topological polar surface area (TPSA) is 84.4 Å². The number of aromatic nitrogens is 1. The molecule has 0 saturated carbocycles. The van der Waals surface area contributed by atoms with Crippen LogP contribution in [-0.2, 0) is 17.8 Å². The third-order valence-corrected chi connectivity index (χ3v) is 12.0. The number of rotatable bonds is 4. The highest BCUT2D eigenvalue weighted by Crippen LogP contribution is 2.49. The normalized spacial score (nSPS) is 26.9. The van der Waals surface area contributed by atoms with Gasteiger partial charge in [0.25, 0.3) is 0 Å². The SMILES string of the molecule is CN1C(=O)CC2C3CCC(CN2c2c4c(nc(OCC56CCCN5CCC6)c21)CN(c1cc(O)cc2cccc(Cl)c12)CC4)N3. The van der Waals surface area contributed by atoms with E-state index in [0.717, 1.165) is 91.8 Å². The Bertz CT molecular complexity index is 1700. The van der Waals surface area contributed by atoms with Crippen LogP contribution in [0.3, 0.4) is 0 Å². The molecule has 3 aromatic rings. The van der Waals surface area contributed by atoms with E-state index in [4.69, 9.17) is 21.3 Å². The van der Waals surface area contributed by atoms with Crippen molar-refractivity contribution < 1.29 is 14.6 Å². The molecule has 4 saturated heterocycles. The first-order valence-corrected chi connectivity index (χ1v) is 17.2. The van der Waals surface area contributed by atoms with Crippen LogP contribution in [0.4, 0.5) is 17.1 Å². The maximum atomic E-state index is 13.8. The molecule has 9 rings (SSSR count). The highest BCUT2D eigenvalue weighted by Gasteiger charge is 2.48. The first kappa shape index (κ1) is 28.0. The molecule has 236 valence electrons. The van der Waals surface area contributed by atoms with Crippen molar-refractivity contribution in [1.29, 1.82) is 0 Å². The fourth-order valence-corrected chi connectivity index (χ4v) is 9.82. The number of anilines is 3. The lowest BCUT2D eigenvalue weighted by Crippen LogP contribution is -2.58. The van der Waals surface area contributed by atoms with Gasteiger partial charge in [0, 0.05) is 55.7 Å². The standard InChI is InChI=1S/C35H41ClN6O3/c1-39-30(44)17-28-26-8-7-22(37-26)18-42(28)32-24-9-14-40(29-16-23(43)15-21-5-2-6-25(36)31(21)29)19-27(24)38-34(33(32)39)45-20-35-10-3-12-41(35)13-4-11-35/h2,5-6,15-16,22,26,28,37,43H,3-4,7-14,17-20H2,1H3. The van der Waals surface area contributed by atoms with E-state index in [9.17, 15) is 9.90 Å². The van der Waals surface area contributed by atoms with Crippen LogP contribution in [0, 0.1) is 0 Å². The number of benzene rings is 2. The van der Waals surface area contributed by atoms with Crippen molar-refractivity contribution in [1.82, 2.24) is 15.2 Å². The molecule has 6 aliphatic rings. The van der Waals surface area contributed by atoms with Crippen LogP contribution in [0.2, 0.25) is 5.02 Å². The van der Waals surface area contributed by atoms with Crippen LogP contribution >= 0.6 is 11.6 Å². The van der Waals surface area contributed by atoms with Gasteiger partial charge in [-0.1, -0.05) is 23.7 Å². The van der Waals surface area contributed by atoms with Crippen LogP contribution < -0.4 is 24.8 Å². The zero-order valence-electron chi connectivity index (χ0n) is 25.9. The zero-order valence-corrected chi connectivity index (χ0v) is 26.7. The number of carbonyl (C=O) groups excluding carboxylic acids is 1. The molecule has 0 radical (unpaired) electrons. The van der Waals surface area contributed by atoms with Gasteiger partial charge in [-0.2, -0.15) is 0 Å². The lowest BCUT2D eigenvalue weighted by molar-refractivity contribution is -0.118. The quantitative estimate of drug-likeness (QED) is 0.425. The molecular weight excluding hydrogens is 588 g/mol. The number of piperazine rings is 1. The Kier molecular flexibility index (Phi) is 6.45. The summed E-state index contributed by atoms with van der Waals surface area (Å²) in [5.74, 6) is 0.933. The second-order valence-corrected chi connectivity index (χ2v) is 14.6. The molecule has 10 heteroatoms. The lowest BCUT2D eigenvalue weighted by atomic mass is 9.95. The van der Waals surface area contributed by atoms with Gasteiger partial charge in [0.15, 0.2) is 0 Å². The van der Waals surface area contributed by atoms with Crippen LogP contribution in [-0.4, -0.2) is 84.4 Å². The Morgan fingerprint density at radius 3 is 2.82 bits per heavy atom. The number of hydrogen-bond donors (Lipinski definition) is 2. The average Bonchev–Trinajstić information content (AvgIpc) is 3.72. The summed E-state index contributed by atoms with van der Waals surface area (Å²) in [5.41, 5.74) is 5.18. The average molecular weight is 629 g/mol. The number of nitrogens with one attached hydrogen (secondary N) is 1. The van der Waals surface area contributed by atoms with Crippen molar-refractivity contribution in [3.8, 4) is 11.6 Å². The third-order valence-electron chi connectivity index (χ3n) is 11.7. The molecule has 2 N–H and O–H groups in total. The number of aromatic hydroxyl groups is 1. The Labute approximate surface area is 269 Å². The van der Waals surface area contributed by atoms with Crippen LogP contribution in [0.25, 0.3) is 10.8 Å². The van der Waals surface area contributed by atoms with Crippen LogP contribution in [0.15, 0.2) is 30.3 Å². The van der Waals surface area contributed by atoms with Crippen molar-refractivity contribution in [3.63, 3.8) is 0 Å². The fraction of sp³-hybridized carbons (Fsp3) is 0.543. The summed E-state index contributed by atoms with van der Waals surface area (Å²) in [6, 6.07) is 10.3. The Balaban J connectivity index is 1.18. The summed E-state index contributed by atoms with van der Waals surface area (Å²) >= 11 is 6.76. The second kappa shape index (κ2) is 10.4. The van der Waals surface area contributed by atoms with E-state index in [0.29, 0.717) is 42.6 Å². The lowest BCUT2D eigenvalue weighted by Gasteiger charge is -2.43. The number of ether oxygens (including phenoxy) is 1. The Morgan fingerprint density at radius 1 is 1.13 bits per heavy atom. The number of halogens is 1. The van der Waals surface area contributed by atoms with E-state index >= 15 is 0 Å². The van der Waals surface area contributed by atoms with E-state index in [1.807, 2.05) is 36.2 Å². The number of nitrogens with zero attached hydrogens (tertiary/aromatic N) is 5. The van der Waals surface area contributed by atoms with Crippen molar-refractivity contribution in [2.75, 3.05) is 54.5 Å². The molecule has 0 aliphatic carbocycles. The van der Waals surface area contributed by atoms with Gasteiger partial charge < -0.3 is 29.9 Å². The molecule has 4 fully saturated rings. The Hall–Kier alpha value is -3.27. The van der Waals surface area contributed by atoms with Gasteiger partial charge in [-0.15, -0.1) is 0 Å². The van der Waals surface area contributed by atoms with Crippen molar-refractivity contribution >= 4 is 45.3 Å². The minimum Gasteiger partial charge on any atom is -0.508 e. The summed E-state index contributed by atoms with van der Waals surface area (Å²) in [7, 11) is 1.91. The van der Waals surface area contributed by atoms with Crippen LogP contribution in [0.1, 0.15) is 56.2 Å². The van der Waals surface area contributed by atoms with Gasteiger partial charge in [0.2, 0.25) is 11.8 Å². The predicted octanol–water partition coefficient (Wildman–Crippen LogP) is 4.84. The van der Waals surface area contributed by atoms with Gasteiger partial charge in [-0.25, -0.2) is 4.98 Å². The summed E-state index contributed by atoms with van der Waals surface area (Å²) in [6.07, 6.45) is 8.22. The molecule has 2 aromatic carbocycles. The maximum absolute atomic E-state index is 13.8. The molecule has 2 bridgehead atoms. The molecule has 3 atom stereocenters. The number of pyridine rings is 1. The predicted molar refractivity (Wildman–Crippen MR) is 177 cm³/mol. The van der Waals surface area contributed by atoms with Gasteiger partial charge >= 0.3 is 0 Å². The van der Waals surface area contributed by atoms with E-state index in [1.165, 1.54) is 18.4 Å². The smallest absolute Gasteiger partial charge is 0.240 e. The molecule has 45 heavy (non-hydrogen) atoms. The second-order valence-electron chi connectivity index (χ2n) is 14.1. The van der Waals surface area contributed by atoms with Gasteiger partial charge in [0.05, 0.1) is 40.2 Å². The molecular formula is C35H41ClN6O3. The number of phenolic OH excluding ortho intramolecular Hbond substituents is 1. The van der Waals surface area contributed by atoms with Gasteiger partial charge in [0.1, 0.15) is 18.0 Å². The van der Waals surface area contributed by atoms with Gasteiger partial charge in [-0.3, -0.25) is 9.69 Å². The minimum absolute atomic E-state index is 0.0672. The third kappa shape index (κ3) is 4.33. The minimum atomic E-state index is 0.0672. The van der Waals surface area contributed by atoms with E-state index < -0.39 is 0 Å². The van der Waals surface area contributed by atoms with E-state index in [-0.39, 0.29) is 23.2 Å². The first-order chi connectivity index (χ1) is 21.9. The highest BCUT2D eigenvalue weighted by atomic mass is 35.5. The highest BCUT2D eigenvalue weighted by molar-refractivity contribution is 6.36. The van der Waals surface area contributed by atoms with Crippen molar-refractivity contribution in [2.45, 2.75) is 81.6 Å². The van der Waals surface area contributed by atoms with Gasteiger partial charge in [-0.05, 0) is 75.6 Å². The molecule has 1 amide bonds. The number of fused-ring (bicyclic) bond motifs is 10. The monoisotopic (exact) mass is 628 g/mol. The fourth-order valence-electron chi connectivity index (χ4n) is 9.54. The summed E-state index contributed by atoms with van der Waals surface area (Å²) < 4.78 is 6.86. The zero-order chi connectivity index (χ0) is 30.4. The van der Waals surface area contributed by atoms with Crippen molar-refractivity contribution in [3.05, 3.63) is 46.6 Å². The summed E-state index contributed by atoms with van der Waals surface area (Å²) in [6.45, 7) is 5.08. The molecule has 9 nitrogen and oxygen atoms in total. The molecule has 7 heterocycles. The first-order valence-electron chi connectivity index (χ1n) is 16.8.